The van der Waals surface area contributed by atoms with Gasteiger partial charge in [-0.1, -0.05) is 0 Å². The minimum atomic E-state index is -0.0639. The monoisotopic (exact) mass is 214 g/mol. The van der Waals surface area contributed by atoms with Crippen molar-refractivity contribution in [1.82, 2.24) is 10.2 Å². The second-order valence-electron chi connectivity index (χ2n) is 4.42. The number of rotatable bonds is 4. The summed E-state index contributed by atoms with van der Waals surface area (Å²) >= 11 is 0. The largest absolute Gasteiger partial charge is 0.469 e. The summed E-state index contributed by atoms with van der Waals surface area (Å²) in [6, 6.07) is 0.286. The maximum absolute atomic E-state index is 11.5. The van der Waals surface area contributed by atoms with Gasteiger partial charge in [0.1, 0.15) is 0 Å². The van der Waals surface area contributed by atoms with Crippen LogP contribution in [0.25, 0.3) is 0 Å². The number of nitrogens with zero attached hydrogens (tertiary/aromatic N) is 1. The average molecular weight is 214 g/mol. The van der Waals surface area contributed by atoms with Crippen LogP contribution in [-0.2, 0) is 9.53 Å². The Morgan fingerprint density at radius 2 is 2.27 bits per heavy atom. The van der Waals surface area contributed by atoms with E-state index in [9.17, 15) is 4.79 Å². The van der Waals surface area contributed by atoms with Gasteiger partial charge in [-0.25, -0.2) is 0 Å². The molecule has 0 aromatic carbocycles. The van der Waals surface area contributed by atoms with Crippen LogP contribution in [0, 0.1) is 5.92 Å². The Bertz CT molecular complexity index is 207. The molecule has 0 amide bonds. The van der Waals surface area contributed by atoms with Gasteiger partial charge in [0.2, 0.25) is 0 Å². The smallest absolute Gasteiger partial charge is 0.310 e. The maximum atomic E-state index is 11.5. The van der Waals surface area contributed by atoms with E-state index < -0.39 is 0 Å². The molecule has 1 rings (SSSR count). The van der Waals surface area contributed by atoms with Crippen LogP contribution < -0.4 is 5.32 Å². The molecule has 1 fully saturated rings. The molecule has 0 aromatic rings. The first-order valence-electron chi connectivity index (χ1n) is 5.61. The lowest BCUT2D eigenvalue weighted by Crippen LogP contribution is -2.46. The predicted molar refractivity (Wildman–Crippen MR) is 59.7 cm³/mol. The molecule has 4 nitrogen and oxygen atoms in total. The van der Waals surface area contributed by atoms with Gasteiger partial charge in [0, 0.05) is 6.04 Å². The second kappa shape index (κ2) is 6.08. The lowest BCUT2D eigenvalue weighted by atomic mass is 9.89. The lowest BCUT2D eigenvalue weighted by molar-refractivity contribution is -0.147. The molecular weight excluding hydrogens is 192 g/mol. The Kier molecular flexibility index (Phi) is 5.05. The Hall–Kier alpha value is -0.610. The second-order valence-corrected chi connectivity index (χ2v) is 4.42. The van der Waals surface area contributed by atoms with Crippen LogP contribution in [0.3, 0.4) is 0 Å². The van der Waals surface area contributed by atoms with Crippen molar-refractivity contribution < 1.29 is 9.53 Å². The van der Waals surface area contributed by atoms with Crippen LogP contribution in [0.5, 0.6) is 0 Å². The van der Waals surface area contributed by atoms with Gasteiger partial charge in [0.05, 0.1) is 13.0 Å². The van der Waals surface area contributed by atoms with Gasteiger partial charge >= 0.3 is 5.97 Å². The molecule has 0 radical (unpaired) electrons. The highest BCUT2D eigenvalue weighted by atomic mass is 16.5. The third-order valence-electron chi connectivity index (χ3n) is 2.98. The van der Waals surface area contributed by atoms with Gasteiger partial charge in [-0.3, -0.25) is 4.79 Å². The molecule has 0 aliphatic carbocycles. The molecule has 2 atom stereocenters. The highest BCUT2D eigenvalue weighted by molar-refractivity contribution is 5.73. The molecule has 1 saturated heterocycles. The van der Waals surface area contributed by atoms with Crippen molar-refractivity contribution in [3.63, 3.8) is 0 Å². The van der Waals surface area contributed by atoms with Crippen LogP contribution in [0.2, 0.25) is 0 Å². The number of hydrogen-bond donors (Lipinski definition) is 1. The summed E-state index contributed by atoms with van der Waals surface area (Å²) in [7, 11) is 5.58. The van der Waals surface area contributed by atoms with Crippen molar-refractivity contribution in [3.8, 4) is 0 Å². The molecule has 15 heavy (non-hydrogen) atoms. The van der Waals surface area contributed by atoms with Crippen LogP contribution in [0.15, 0.2) is 0 Å². The highest BCUT2D eigenvalue weighted by Gasteiger charge is 2.30. The fourth-order valence-corrected chi connectivity index (χ4v) is 2.09. The zero-order valence-corrected chi connectivity index (χ0v) is 9.95. The van der Waals surface area contributed by atoms with Crippen molar-refractivity contribution >= 4 is 5.97 Å². The van der Waals surface area contributed by atoms with E-state index >= 15 is 0 Å². The average Bonchev–Trinajstić information content (AvgIpc) is 2.25. The molecule has 1 heterocycles. The minimum absolute atomic E-state index is 0.0451. The van der Waals surface area contributed by atoms with E-state index in [0.717, 1.165) is 32.4 Å². The Morgan fingerprint density at radius 1 is 1.53 bits per heavy atom. The van der Waals surface area contributed by atoms with Crippen LogP contribution >= 0.6 is 0 Å². The summed E-state index contributed by atoms with van der Waals surface area (Å²) in [5.74, 6) is -0.0188. The van der Waals surface area contributed by atoms with E-state index in [1.807, 2.05) is 0 Å². The van der Waals surface area contributed by atoms with E-state index in [4.69, 9.17) is 4.74 Å². The summed E-state index contributed by atoms with van der Waals surface area (Å²) in [6.45, 7) is 2.02. The Morgan fingerprint density at radius 3 is 2.87 bits per heavy atom. The number of carbonyl (C=O) groups is 1. The minimum Gasteiger partial charge on any atom is -0.469 e. The summed E-state index contributed by atoms with van der Waals surface area (Å²) in [5.41, 5.74) is 0. The van der Waals surface area contributed by atoms with Crippen LogP contribution in [0.1, 0.15) is 19.3 Å². The van der Waals surface area contributed by atoms with Crippen LogP contribution in [0.4, 0.5) is 0 Å². The van der Waals surface area contributed by atoms with E-state index in [1.165, 1.54) is 7.11 Å². The molecule has 2 unspecified atom stereocenters. The third-order valence-corrected chi connectivity index (χ3v) is 2.98. The topological polar surface area (TPSA) is 41.6 Å². The zero-order valence-electron chi connectivity index (χ0n) is 9.95. The molecule has 88 valence electrons. The fourth-order valence-electron chi connectivity index (χ4n) is 2.09. The maximum Gasteiger partial charge on any atom is 0.310 e. The van der Waals surface area contributed by atoms with Crippen molar-refractivity contribution in [2.24, 2.45) is 5.92 Å². The molecule has 0 spiro atoms. The van der Waals surface area contributed by atoms with E-state index in [0.29, 0.717) is 0 Å². The van der Waals surface area contributed by atoms with Crippen LogP contribution in [-0.4, -0.2) is 51.2 Å². The van der Waals surface area contributed by atoms with Crippen molar-refractivity contribution in [3.05, 3.63) is 0 Å². The first kappa shape index (κ1) is 12.5. The van der Waals surface area contributed by atoms with Gasteiger partial charge < -0.3 is 15.0 Å². The SMILES string of the molecule is COC(=O)C1CCCNC1CCN(C)C. The Balaban J connectivity index is 2.46. The molecule has 1 aliphatic rings. The molecule has 4 heteroatoms. The van der Waals surface area contributed by atoms with Gasteiger partial charge in [-0.2, -0.15) is 0 Å². The van der Waals surface area contributed by atoms with E-state index in [-0.39, 0.29) is 17.9 Å². The number of ether oxygens (including phenoxy) is 1. The number of nitrogens with one attached hydrogen (secondary N) is 1. The Labute approximate surface area is 92.0 Å². The number of carbonyl (C=O) groups excluding carboxylic acids is 1. The summed E-state index contributed by atoms with van der Waals surface area (Å²) in [4.78, 5) is 13.7. The van der Waals surface area contributed by atoms with Gasteiger partial charge in [-0.15, -0.1) is 0 Å². The fraction of sp³-hybridized carbons (Fsp3) is 0.909. The highest BCUT2D eigenvalue weighted by Crippen LogP contribution is 2.20. The molecule has 0 saturated carbocycles. The first-order valence-corrected chi connectivity index (χ1v) is 5.61. The molecule has 0 bridgehead atoms. The normalized spacial score (nSPS) is 26.7. The van der Waals surface area contributed by atoms with E-state index in [1.54, 1.807) is 0 Å². The van der Waals surface area contributed by atoms with Gasteiger partial charge in [-0.05, 0) is 46.4 Å². The first-order chi connectivity index (χ1) is 7.15. The van der Waals surface area contributed by atoms with Crippen molar-refractivity contribution in [1.29, 1.82) is 0 Å². The zero-order chi connectivity index (χ0) is 11.3. The molecular formula is C11H22N2O2. The number of methoxy groups -OCH3 is 1. The van der Waals surface area contributed by atoms with Gasteiger partial charge in [0.25, 0.3) is 0 Å². The quantitative estimate of drug-likeness (QED) is 0.691. The molecule has 0 aromatic heterocycles. The summed E-state index contributed by atoms with van der Waals surface area (Å²) in [5, 5.41) is 3.41. The van der Waals surface area contributed by atoms with Crippen molar-refractivity contribution in [2.75, 3.05) is 34.3 Å². The van der Waals surface area contributed by atoms with E-state index in [2.05, 4.69) is 24.3 Å². The third kappa shape index (κ3) is 3.80. The summed E-state index contributed by atoms with van der Waals surface area (Å²) in [6.07, 6.45) is 3.03. The molecule has 1 N–H and O–H groups in total. The number of piperidine rings is 1. The predicted octanol–water partition coefficient (Wildman–Crippen LogP) is 0.479. The standard InChI is InChI=1S/C11H22N2O2/c1-13(2)8-6-10-9(11(14)15-3)5-4-7-12-10/h9-10,12H,4-8H2,1-3H3. The molecule has 1 aliphatic heterocycles. The summed E-state index contributed by atoms with van der Waals surface area (Å²) < 4.78 is 4.83. The number of esters is 1. The number of hydrogen-bond acceptors (Lipinski definition) is 4. The lowest BCUT2D eigenvalue weighted by Gasteiger charge is -2.31. The van der Waals surface area contributed by atoms with Crippen molar-refractivity contribution in [2.45, 2.75) is 25.3 Å². The van der Waals surface area contributed by atoms with Gasteiger partial charge in [0.15, 0.2) is 0 Å².